The molecule has 0 aromatic heterocycles. The first kappa shape index (κ1) is 36.1. The largest absolute Gasteiger partial charge is 0.311 e. The number of rotatable bonds is 8. The molecule has 0 saturated carbocycles. The standard InChI is InChI=1S/C60H41N/c1-3-14-42(15-4-1)43-26-33-50(34-27-43)61(52-37-30-47(31-38-52)54-25-13-20-45-18-7-9-21-53(45)54)51-35-28-44(29-36-51)48-32-39-58(59(40-48)46-16-5-2-6-17-46)60-41-49-19-8-10-22-55(49)56-23-11-12-24-57(56)60/h1-41H. The van der Waals surface area contributed by atoms with E-state index < -0.39 is 0 Å². The van der Waals surface area contributed by atoms with Crippen LogP contribution in [0.2, 0.25) is 0 Å². The number of benzene rings is 11. The molecule has 0 aliphatic rings. The van der Waals surface area contributed by atoms with E-state index in [0.717, 1.165) is 17.1 Å². The third-order valence-corrected chi connectivity index (χ3v) is 12.1. The Morgan fingerprint density at radius 2 is 0.639 bits per heavy atom. The van der Waals surface area contributed by atoms with Gasteiger partial charge in [-0.25, -0.2) is 0 Å². The van der Waals surface area contributed by atoms with Crippen molar-refractivity contribution >= 4 is 49.4 Å². The van der Waals surface area contributed by atoms with Crippen molar-refractivity contribution in [1.29, 1.82) is 0 Å². The van der Waals surface area contributed by atoms with Gasteiger partial charge in [0.15, 0.2) is 0 Å². The van der Waals surface area contributed by atoms with E-state index in [4.69, 9.17) is 0 Å². The summed E-state index contributed by atoms with van der Waals surface area (Å²) >= 11 is 0. The van der Waals surface area contributed by atoms with E-state index in [9.17, 15) is 0 Å². The Bertz CT molecular complexity index is 3310. The summed E-state index contributed by atoms with van der Waals surface area (Å²) in [5, 5.41) is 7.57. The summed E-state index contributed by atoms with van der Waals surface area (Å²) in [6.07, 6.45) is 0. The Kier molecular flexibility index (Phi) is 9.26. The molecule has 0 bridgehead atoms. The van der Waals surface area contributed by atoms with Gasteiger partial charge >= 0.3 is 0 Å². The van der Waals surface area contributed by atoms with E-state index in [-0.39, 0.29) is 0 Å². The van der Waals surface area contributed by atoms with Gasteiger partial charge in [0.05, 0.1) is 0 Å². The van der Waals surface area contributed by atoms with Crippen LogP contribution in [0.5, 0.6) is 0 Å². The molecule has 0 radical (unpaired) electrons. The van der Waals surface area contributed by atoms with Crippen molar-refractivity contribution in [2.45, 2.75) is 0 Å². The number of hydrogen-bond acceptors (Lipinski definition) is 1. The second-order valence-corrected chi connectivity index (χ2v) is 15.7. The summed E-state index contributed by atoms with van der Waals surface area (Å²) in [5.41, 5.74) is 15.4. The predicted octanol–water partition coefficient (Wildman–Crippen LogP) is 17.0. The molecule has 0 unspecified atom stereocenters. The molecule has 0 heterocycles. The average molecular weight is 776 g/mol. The fourth-order valence-electron chi connectivity index (χ4n) is 9.04. The Morgan fingerprint density at radius 1 is 0.197 bits per heavy atom. The third-order valence-electron chi connectivity index (χ3n) is 12.1. The molecular weight excluding hydrogens is 735 g/mol. The van der Waals surface area contributed by atoms with Crippen LogP contribution in [-0.2, 0) is 0 Å². The van der Waals surface area contributed by atoms with E-state index >= 15 is 0 Å². The molecule has 0 aliphatic heterocycles. The second-order valence-electron chi connectivity index (χ2n) is 15.7. The predicted molar refractivity (Wildman–Crippen MR) is 261 cm³/mol. The highest BCUT2D eigenvalue weighted by Gasteiger charge is 2.17. The molecule has 0 N–H and O–H groups in total. The minimum atomic E-state index is 1.09. The second kappa shape index (κ2) is 15.6. The van der Waals surface area contributed by atoms with Crippen LogP contribution in [0.1, 0.15) is 0 Å². The molecule has 11 aromatic carbocycles. The molecule has 1 heteroatoms. The molecule has 11 aromatic rings. The zero-order valence-electron chi connectivity index (χ0n) is 33.6. The van der Waals surface area contributed by atoms with Crippen molar-refractivity contribution < 1.29 is 0 Å². The summed E-state index contributed by atoms with van der Waals surface area (Å²) in [5.74, 6) is 0. The van der Waals surface area contributed by atoms with Crippen molar-refractivity contribution in [1.82, 2.24) is 0 Å². The van der Waals surface area contributed by atoms with E-state index in [0.29, 0.717) is 0 Å². The summed E-state index contributed by atoms with van der Waals surface area (Å²) < 4.78 is 0. The van der Waals surface area contributed by atoms with Crippen LogP contribution in [-0.4, -0.2) is 0 Å². The molecule has 286 valence electrons. The first-order chi connectivity index (χ1) is 30.2. The quantitative estimate of drug-likeness (QED) is 0.139. The lowest BCUT2D eigenvalue weighted by Gasteiger charge is -2.26. The van der Waals surface area contributed by atoms with Crippen molar-refractivity contribution in [3.63, 3.8) is 0 Å². The minimum Gasteiger partial charge on any atom is -0.311 e. The molecule has 0 saturated heterocycles. The van der Waals surface area contributed by atoms with Crippen LogP contribution in [0.4, 0.5) is 17.1 Å². The fourth-order valence-corrected chi connectivity index (χ4v) is 9.04. The molecule has 11 rings (SSSR count). The van der Waals surface area contributed by atoms with Gasteiger partial charge in [-0.05, 0) is 136 Å². The fraction of sp³-hybridized carbons (Fsp3) is 0. The molecule has 1 nitrogen and oxygen atoms in total. The first-order valence-electron chi connectivity index (χ1n) is 21.0. The highest BCUT2D eigenvalue weighted by molar-refractivity contribution is 6.15. The lowest BCUT2D eigenvalue weighted by Crippen LogP contribution is -2.09. The Labute approximate surface area is 357 Å². The number of fused-ring (bicyclic) bond motifs is 4. The highest BCUT2D eigenvalue weighted by Crippen LogP contribution is 2.43. The zero-order chi connectivity index (χ0) is 40.5. The van der Waals surface area contributed by atoms with E-state index in [1.807, 2.05) is 0 Å². The number of hydrogen-bond donors (Lipinski definition) is 0. The van der Waals surface area contributed by atoms with Crippen molar-refractivity contribution in [3.8, 4) is 55.6 Å². The lowest BCUT2D eigenvalue weighted by atomic mass is 9.87. The van der Waals surface area contributed by atoms with Gasteiger partial charge in [0.25, 0.3) is 0 Å². The van der Waals surface area contributed by atoms with Gasteiger partial charge in [-0.2, -0.15) is 0 Å². The first-order valence-corrected chi connectivity index (χ1v) is 21.0. The van der Waals surface area contributed by atoms with E-state index in [1.54, 1.807) is 0 Å². The maximum absolute atomic E-state index is 2.37. The topological polar surface area (TPSA) is 3.24 Å². The highest BCUT2D eigenvalue weighted by atomic mass is 15.1. The van der Waals surface area contributed by atoms with Gasteiger partial charge < -0.3 is 4.90 Å². The molecular formula is C60H41N. The summed E-state index contributed by atoms with van der Waals surface area (Å²) in [7, 11) is 0. The van der Waals surface area contributed by atoms with Crippen molar-refractivity contribution in [2.75, 3.05) is 4.90 Å². The van der Waals surface area contributed by atoms with Crippen LogP contribution in [0, 0.1) is 0 Å². The third kappa shape index (κ3) is 6.83. The molecule has 0 fully saturated rings. The smallest absolute Gasteiger partial charge is 0.0462 e. The Morgan fingerprint density at radius 3 is 1.30 bits per heavy atom. The van der Waals surface area contributed by atoms with Crippen molar-refractivity contribution in [3.05, 3.63) is 249 Å². The van der Waals surface area contributed by atoms with Gasteiger partial charge in [0.2, 0.25) is 0 Å². The van der Waals surface area contributed by atoms with Crippen LogP contribution in [0.25, 0.3) is 88.0 Å². The monoisotopic (exact) mass is 775 g/mol. The van der Waals surface area contributed by atoms with Gasteiger partial charge in [-0.3, -0.25) is 0 Å². The average Bonchev–Trinajstić information content (AvgIpc) is 3.35. The minimum absolute atomic E-state index is 1.09. The zero-order valence-corrected chi connectivity index (χ0v) is 33.6. The summed E-state index contributed by atoms with van der Waals surface area (Å²) in [4.78, 5) is 2.36. The maximum atomic E-state index is 2.37. The lowest BCUT2D eigenvalue weighted by molar-refractivity contribution is 1.28. The van der Waals surface area contributed by atoms with Gasteiger partial charge in [-0.15, -0.1) is 0 Å². The number of nitrogens with zero attached hydrogens (tertiary/aromatic N) is 1. The summed E-state index contributed by atoms with van der Waals surface area (Å²) in [6, 6.07) is 90.4. The van der Waals surface area contributed by atoms with Gasteiger partial charge in [-0.1, -0.05) is 200 Å². The van der Waals surface area contributed by atoms with Crippen LogP contribution >= 0.6 is 0 Å². The van der Waals surface area contributed by atoms with Gasteiger partial charge in [0.1, 0.15) is 0 Å². The normalized spacial score (nSPS) is 11.3. The van der Waals surface area contributed by atoms with Gasteiger partial charge in [0, 0.05) is 17.1 Å². The molecule has 0 amide bonds. The SMILES string of the molecule is c1ccc(-c2ccc(N(c3ccc(-c4ccc(-c5cc6ccccc6c6ccccc56)c(-c5ccccc5)c4)cc3)c3ccc(-c4cccc5ccccc45)cc3)cc2)cc1. The molecule has 61 heavy (non-hydrogen) atoms. The molecule has 0 spiro atoms. The van der Waals surface area contributed by atoms with E-state index in [1.165, 1.54) is 88.0 Å². The maximum Gasteiger partial charge on any atom is 0.0462 e. The molecule has 0 aliphatic carbocycles. The molecule has 0 atom stereocenters. The summed E-state index contributed by atoms with van der Waals surface area (Å²) in [6.45, 7) is 0. The van der Waals surface area contributed by atoms with E-state index in [2.05, 4.69) is 254 Å². The van der Waals surface area contributed by atoms with Crippen molar-refractivity contribution in [2.24, 2.45) is 0 Å². The Hall–Kier alpha value is -8.00. The van der Waals surface area contributed by atoms with Crippen LogP contribution in [0.3, 0.4) is 0 Å². The number of anilines is 3. The van der Waals surface area contributed by atoms with Crippen LogP contribution in [0.15, 0.2) is 249 Å². The van der Waals surface area contributed by atoms with Crippen LogP contribution < -0.4 is 4.90 Å². The Balaban J connectivity index is 0.995.